The van der Waals surface area contributed by atoms with E-state index in [9.17, 15) is 4.79 Å². The highest BCUT2D eigenvalue weighted by atomic mass is 16.1. The number of nitrogens with one attached hydrogen (secondary N) is 2. The second-order valence-electron chi connectivity index (χ2n) is 4.58. The molecule has 1 atom stereocenters. The number of rotatable bonds is 3. The van der Waals surface area contributed by atoms with E-state index in [1.807, 2.05) is 24.3 Å². The number of carbonyl (C=O) groups excluding carboxylic acids is 1. The molecule has 1 fully saturated rings. The molecule has 2 N–H and O–H groups in total. The maximum Gasteiger partial charge on any atom is 0.221 e. The molecule has 0 saturated carbocycles. The second kappa shape index (κ2) is 6.18. The van der Waals surface area contributed by atoms with Crippen LogP contribution in [0.5, 0.6) is 0 Å². The summed E-state index contributed by atoms with van der Waals surface area (Å²) < 4.78 is 0. The number of nitriles is 1. The Labute approximate surface area is 107 Å². The lowest BCUT2D eigenvalue weighted by atomic mass is 10.1. The zero-order valence-electron chi connectivity index (χ0n) is 10.3. The van der Waals surface area contributed by atoms with Crippen molar-refractivity contribution in [3.8, 4) is 6.07 Å². The minimum absolute atomic E-state index is 0.129. The zero-order valence-corrected chi connectivity index (χ0v) is 10.3. The van der Waals surface area contributed by atoms with E-state index in [-0.39, 0.29) is 11.9 Å². The van der Waals surface area contributed by atoms with Gasteiger partial charge < -0.3 is 10.6 Å². The van der Waals surface area contributed by atoms with Gasteiger partial charge in [-0.2, -0.15) is 5.26 Å². The molecule has 1 saturated heterocycles. The molecule has 1 heterocycles. The lowest BCUT2D eigenvalue weighted by Gasteiger charge is -2.15. The average molecular weight is 243 g/mol. The summed E-state index contributed by atoms with van der Waals surface area (Å²) in [6, 6.07) is 9.88. The molecule has 1 aromatic rings. The summed E-state index contributed by atoms with van der Waals surface area (Å²) >= 11 is 0. The molecule has 18 heavy (non-hydrogen) atoms. The minimum atomic E-state index is 0.129. The van der Waals surface area contributed by atoms with Gasteiger partial charge >= 0.3 is 0 Å². The van der Waals surface area contributed by atoms with Crippen molar-refractivity contribution in [3.05, 3.63) is 35.4 Å². The van der Waals surface area contributed by atoms with Crippen molar-refractivity contribution >= 4 is 5.91 Å². The predicted octanol–water partition coefficient (Wildman–Crippen LogP) is 1.32. The normalized spacial score (nSPS) is 19.7. The van der Waals surface area contributed by atoms with Gasteiger partial charge in [0, 0.05) is 25.6 Å². The Morgan fingerprint density at radius 1 is 1.39 bits per heavy atom. The first kappa shape index (κ1) is 12.6. The quantitative estimate of drug-likeness (QED) is 0.841. The number of carbonyl (C=O) groups is 1. The second-order valence-corrected chi connectivity index (χ2v) is 4.58. The Balaban J connectivity index is 1.86. The van der Waals surface area contributed by atoms with Gasteiger partial charge in [0.2, 0.25) is 5.91 Å². The number of benzene rings is 1. The first-order chi connectivity index (χ1) is 8.78. The molecule has 1 unspecified atom stereocenters. The van der Waals surface area contributed by atoms with Gasteiger partial charge in [0.1, 0.15) is 0 Å². The SMILES string of the molecule is N#Cc1ccc(CNC2CCCNC(=O)C2)cc1. The molecule has 1 aliphatic heterocycles. The van der Waals surface area contributed by atoms with Crippen molar-refractivity contribution in [2.75, 3.05) is 6.54 Å². The van der Waals surface area contributed by atoms with Crippen LogP contribution in [-0.4, -0.2) is 18.5 Å². The summed E-state index contributed by atoms with van der Waals surface area (Å²) in [5.74, 6) is 0.129. The molecule has 0 aliphatic carbocycles. The van der Waals surface area contributed by atoms with E-state index in [0.717, 1.165) is 31.5 Å². The molecule has 1 aromatic carbocycles. The van der Waals surface area contributed by atoms with Crippen molar-refractivity contribution in [2.45, 2.75) is 31.8 Å². The Bertz CT molecular complexity index is 447. The van der Waals surface area contributed by atoms with Crippen molar-refractivity contribution in [1.82, 2.24) is 10.6 Å². The monoisotopic (exact) mass is 243 g/mol. The van der Waals surface area contributed by atoms with Crippen molar-refractivity contribution < 1.29 is 4.79 Å². The third-order valence-corrected chi connectivity index (χ3v) is 3.16. The third-order valence-electron chi connectivity index (χ3n) is 3.16. The fourth-order valence-corrected chi connectivity index (χ4v) is 2.11. The van der Waals surface area contributed by atoms with Gasteiger partial charge in [-0.1, -0.05) is 12.1 Å². The van der Waals surface area contributed by atoms with E-state index in [2.05, 4.69) is 16.7 Å². The highest BCUT2D eigenvalue weighted by Crippen LogP contribution is 2.08. The molecular weight excluding hydrogens is 226 g/mol. The Kier molecular flexibility index (Phi) is 4.32. The Morgan fingerprint density at radius 3 is 2.89 bits per heavy atom. The number of hydrogen-bond acceptors (Lipinski definition) is 3. The highest BCUT2D eigenvalue weighted by Gasteiger charge is 2.16. The van der Waals surface area contributed by atoms with Crippen LogP contribution in [0.4, 0.5) is 0 Å². The standard InChI is InChI=1S/C14H17N3O/c15-9-11-3-5-12(6-4-11)10-17-13-2-1-7-16-14(18)8-13/h3-6,13,17H,1-2,7-8,10H2,(H,16,18). The maximum atomic E-state index is 11.4. The van der Waals surface area contributed by atoms with Crippen molar-refractivity contribution in [1.29, 1.82) is 5.26 Å². The van der Waals surface area contributed by atoms with Crippen molar-refractivity contribution in [3.63, 3.8) is 0 Å². The van der Waals surface area contributed by atoms with E-state index in [1.165, 1.54) is 0 Å². The van der Waals surface area contributed by atoms with E-state index >= 15 is 0 Å². The number of hydrogen-bond donors (Lipinski definition) is 2. The maximum absolute atomic E-state index is 11.4. The van der Waals surface area contributed by atoms with Gasteiger partial charge in [-0.25, -0.2) is 0 Å². The lowest BCUT2D eigenvalue weighted by Crippen LogP contribution is -2.32. The Hall–Kier alpha value is -1.86. The van der Waals surface area contributed by atoms with Crippen LogP contribution in [0.3, 0.4) is 0 Å². The number of amides is 1. The van der Waals surface area contributed by atoms with E-state index < -0.39 is 0 Å². The minimum Gasteiger partial charge on any atom is -0.356 e. The van der Waals surface area contributed by atoms with Crippen LogP contribution in [0.15, 0.2) is 24.3 Å². The molecule has 0 radical (unpaired) electrons. The van der Waals surface area contributed by atoms with E-state index in [4.69, 9.17) is 5.26 Å². The average Bonchev–Trinajstić information content (AvgIpc) is 2.61. The van der Waals surface area contributed by atoms with E-state index in [0.29, 0.717) is 12.0 Å². The van der Waals surface area contributed by atoms with Crippen LogP contribution in [0.1, 0.15) is 30.4 Å². The van der Waals surface area contributed by atoms with Crippen LogP contribution >= 0.6 is 0 Å². The van der Waals surface area contributed by atoms with Gasteiger partial charge in [0.25, 0.3) is 0 Å². The largest absolute Gasteiger partial charge is 0.356 e. The number of nitrogens with zero attached hydrogens (tertiary/aromatic N) is 1. The molecule has 4 nitrogen and oxygen atoms in total. The van der Waals surface area contributed by atoms with Gasteiger partial charge in [0.05, 0.1) is 11.6 Å². The molecule has 2 rings (SSSR count). The van der Waals surface area contributed by atoms with Crippen LogP contribution < -0.4 is 10.6 Å². The summed E-state index contributed by atoms with van der Waals surface area (Å²) in [6.07, 6.45) is 2.60. The van der Waals surface area contributed by atoms with Crippen LogP contribution in [0.2, 0.25) is 0 Å². The topological polar surface area (TPSA) is 64.9 Å². The molecule has 1 aliphatic rings. The molecule has 0 aromatic heterocycles. The molecule has 0 bridgehead atoms. The summed E-state index contributed by atoms with van der Waals surface area (Å²) in [4.78, 5) is 11.4. The van der Waals surface area contributed by atoms with Gasteiger partial charge in [-0.05, 0) is 30.5 Å². The summed E-state index contributed by atoms with van der Waals surface area (Å²) in [6.45, 7) is 1.53. The fraction of sp³-hybridized carbons (Fsp3) is 0.429. The summed E-state index contributed by atoms with van der Waals surface area (Å²) in [7, 11) is 0. The van der Waals surface area contributed by atoms with Crippen LogP contribution in [0.25, 0.3) is 0 Å². The molecule has 1 amide bonds. The van der Waals surface area contributed by atoms with Gasteiger partial charge in [-0.15, -0.1) is 0 Å². The summed E-state index contributed by atoms with van der Waals surface area (Å²) in [5, 5.41) is 15.0. The fourth-order valence-electron chi connectivity index (χ4n) is 2.11. The molecule has 94 valence electrons. The van der Waals surface area contributed by atoms with Crippen LogP contribution in [0, 0.1) is 11.3 Å². The van der Waals surface area contributed by atoms with Crippen molar-refractivity contribution in [2.24, 2.45) is 0 Å². The first-order valence-electron chi connectivity index (χ1n) is 6.27. The van der Waals surface area contributed by atoms with Crippen LogP contribution in [-0.2, 0) is 11.3 Å². The third kappa shape index (κ3) is 3.57. The molecular formula is C14H17N3O. The molecule has 4 heteroatoms. The molecule has 0 spiro atoms. The lowest BCUT2D eigenvalue weighted by molar-refractivity contribution is -0.121. The summed E-state index contributed by atoms with van der Waals surface area (Å²) in [5.41, 5.74) is 1.81. The smallest absolute Gasteiger partial charge is 0.221 e. The van der Waals surface area contributed by atoms with Gasteiger partial charge in [-0.3, -0.25) is 4.79 Å². The zero-order chi connectivity index (χ0) is 12.8. The van der Waals surface area contributed by atoms with E-state index in [1.54, 1.807) is 0 Å². The first-order valence-corrected chi connectivity index (χ1v) is 6.27. The Morgan fingerprint density at radius 2 is 2.17 bits per heavy atom. The highest BCUT2D eigenvalue weighted by molar-refractivity contribution is 5.76. The predicted molar refractivity (Wildman–Crippen MR) is 68.6 cm³/mol. The van der Waals surface area contributed by atoms with Gasteiger partial charge in [0.15, 0.2) is 0 Å².